The summed E-state index contributed by atoms with van der Waals surface area (Å²) in [6.07, 6.45) is 0.791. The van der Waals surface area contributed by atoms with Crippen LogP contribution in [0.25, 0.3) is 0 Å². The highest BCUT2D eigenvalue weighted by Gasteiger charge is 2.21. The average molecular weight is 221 g/mol. The lowest BCUT2D eigenvalue weighted by Crippen LogP contribution is -2.34. The van der Waals surface area contributed by atoms with Gasteiger partial charge in [-0.05, 0) is 38.3 Å². The number of fused-ring (bicyclic) bond motifs is 1. The molecule has 3 heteroatoms. The maximum Gasteiger partial charge on any atom is 0.164 e. The number of nitrogens with two attached hydrogens (primary N) is 1. The molecule has 1 heterocycles. The summed E-state index contributed by atoms with van der Waals surface area (Å²) in [5.74, 6) is 1.76. The van der Waals surface area contributed by atoms with E-state index in [1.165, 1.54) is 0 Å². The molecule has 1 aliphatic rings. The van der Waals surface area contributed by atoms with Gasteiger partial charge in [-0.25, -0.2) is 0 Å². The summed E-state index contributed by atoms with van der Waals surface area (Å²) < 4.78 is 11.3. The number of hydrogen-bond acceptors (Lipinski definition) is 3. The Morgan fingerprint density at radius 1 is 1.19 bits per heavy atom. The first kappa shape index (κ1) is 11.3. The third kappa shape index (κ3) is 2.30. The van der Waals surface area contributed by atoms with E-state index in [-0.39, 0.29) is 5.54 Å². The Balaban J connectivity index is 2.39. The van der Waals surface area contributed by atoms with Crippen LogP contribution in [0.1, 0.15) is 25.0 Å². The average Bonchev–Trinajstić information content (AvgIpc) is 2.21. The summed E-state index contributed by atoms with van der Waals surface area (Å²) in [4.78, 5) is 0. The van der Waals surface area contributed by atoms with E-state index >= 15 is 0 Å². The monoisotopic (exact) mass is 221 g/mol. The standard InChI is InChI=1S/C13H19NO2/c1-9-4-5-10(8-13(2,3)14)12-11(9)15-6-7-16-12/h4-5H,6-8,14H2,1-3H3. The van der Waals surface area contributed by atoms with Crippen LogP contribution in [-0.4, -0.2) is 18.8 Å². The fourth-order valence-electron chi connectivity index (χ4n) is 1.96. The number of aryl methyl sites for hydroxylation is 1. The number of rotatable bonds is 2. The smallest absolute Gasteiger partial charge is 0.164 e. The van der Waals surface area contributed by atoms with Crippen molar-refractivity contribution < 1.29 is 9.47 Å². The highest BCUT2D eigenvalue weighted by atomic mass is 16.6. The van der Waals surface area contributed by atoms with Crippen molar-refractivity contribution in [3.8, 4) is 11.5 Å². The van der Waals surface area contributed by atoms with Crippen molar-refractivity contribution in [2.45, 2.75) is 32.7 Å². The second kappa shape index (κ2) is 3.98. The normalized spacial score (nSPS) is 15.0. The van der Waals surface area contributed by atoms with Crippen LogP contribution in [0.3, 0.4) is 0 Å². The number of hydrogen-bond donors (Lipinski definition) is 1. The summed E-state index contributed by atoms with van der Waals surface area (Å²) in [5.41, 5.74) is 8.06. The molecule has 0 radical (unpaired) electrons. The third-order valence-corrected chi connectivity index (χ3v) is 2.61. The van der Waals surface area contributed by atoms with Gasteiger partial charge in [-0.1, -0.05) is 12.1 Å². The Kier molecular flexibility index (Phi) is 2.80. The summed E-state index contributed by atoms with van der Waals surface area (Å²) in [7, 11) is 0. The van der Waals surface area contributed by atoms with Crippen molar-refractivity contribution in [2.75, 3.05) is 13.2 Å². The fraction of sp³-hybridized carbons (Fsp3) is 0.538. The molecule has 0 saturated carbocycles. The minimum Gasteiger partial charge on any atom is -0.486 e. The topological polar surface area (TPSA) is 44.5 Å². The molecule has 0 aromatic heterocycles. The molecule has 88 valence electrons. The zero-order valence-corrected chi connectivity index (χ0v) is 10.2. The SMILES string of the molecule is Cc1ccc(CC(C)(C)N)c2c1OCCO2. The van der Waals surface area contributed by atoms with E-state index in [9.17, 15) is 0 Å². The maximum atomic E-state index is 6.04. The van der Waals surface area contributed by atoms with Gasteiger partial charge in [-0.3, -0.25) is 0 Å². The molecule has 0 bridgehead atoms. The zero-order valence-electron chi connectivity index (χ0n) is 10.2. The van der Waals surface area contributed by atoms with Gasteiger partial charge in [0, 0.05) is 5.54 Å². The van der Waals surface area contributed by atoms with Crippen molar-refractivity contribution in [1.29, 1.82) is 0 Å². The molecule has 0 spiro atoms. The molecule has 3 nitrogen and oxygen atoms in total. The Morgan fingerprint density at radius 2 is 1.81 bits per heavy atom. The summed E-state index contributed by atoms with van der Waals surface area (Å²) >= 11 is 0. The summed E-state index contributed by atoms with van der Waals surface area (Å²) in [6.45, 7) is 7.31. The second-order valence-electron chi connectivity index (χ2n) is 5.06. The largest absolute Gasteiger partial charge is 0.486 e. The molecule has 2 rings (SSSR count). The molecular formula is C13H19NO2. The van der Waals surface area contributed by atoms with E-state index in [0.717, 1.165) is 29.0 Å². The molecule has 1 aliphatic heterocycles. The van der Waals surface area contributed by atoms with Crippen molar-refractivity contribution >= 4 is 0 Å². The van der Waals surface area contributed by atoms with E-state index in [0.29, 0.717) is 13.2 Å². The van der Waals surface area contributed by atoms with E-state index in [1.54, 1.807) is 0 Å². The second-order valence-corrected chi connectivity index (χ2v) is 5.06. The number of ether oxygens (including phenoxy) is 2. The molecular weight excluding hydrogens is 202 g/mol. The third-order valence-electron chi connectivity index (χ3n) is 2.61. The van der Waals surface area contributed by atoms with E-state index in [1.807, 2.05) is 20.8 Å². The predicted molar refractivity (Wildman–Crippen MR) is 64.1 cm³/mol. The van der Waals surface area contributed by atoms with Gasteiger partial charge in [-0.2, -0.15) is 0 Å². The predicted octanol–water partition coefficient (Wildman–Crippen LogP) is 2.05. The van der Waals surface area contributed by atoms with Crippen LogP contribution in [0.4, 0.5) is 0 Å². The Labute approximate surface area is 96.5 Å². The molecule has 2 N–H and O–H groups in total. The lowest BCUT2D eigenvalue weighted by Gasteiger charge is -2.26. The molecule has 0 unspecified atom stereocenters. The highest BCUT2D eigenvalue weighted by molar-refractivity contribution is 5.52. The van der Waals surface area contributed by atoms with Gasteiger partial charge in [0.2, 0.25) is 0 Å². The van der Waals surface area contributed by atoms with Crippen molar-refractivity contribution in [2.24, 2.45) is 5.73 Å². The van der Waals surface area contributed by atoms with Crippen LogP contribution >= 0.6 is 0 Å². The van der Waals surface area contributed by atoms with Gasteiger partial charge in [0.15, 0.2) is 11.5 Å². The van der Waals surface area contributed by atoms with Crippen LogP contribution in [0.2, 0.25) is 0 Å². The molecule has 0 fully saturated rings. The quantitative estimate of drug-likeness (QED) is 0.831. The minimum atomic E-state index is -0.232. The first-order valence-corrected chi connectivity index (χ1v) is 5.64. The van der Waals surface area contributed by atoms with Gasteiger partial charge < -0.3 is 15.2 Å². The van der Waals surface area contributed by atoms with Crippen LogP contribution in [-0.2, 0) is 6.42 Å². The van der Waals surface area contributed by atoms with Gasteiger partial charge in [0.1, 0.15) is 13.2 Å². The van der Waals surface area contributed by atoms with Gasteiger partial charge in [0.25, 0.3) is 0 Å². The molecule has 0 amide bonds. The van der Waals surface area contributed by atoms with Crippen LogP contribution in [0, 0.1) is 6.92 Å². The lowest BCUT2D eigenvalue weighted by molar-refractivity contribution is 0.168. The van der Waals surface area contributed by atoms with Crippen LogP contribution in [0.15, 0.2) is 12.1 Å². The molecule has 0 saturated heterocycles. The Morgan fingerprint density at radius 3 is 2.44 bits per heavy atom. The van der Waals surface area contributed by atoms with Gasteiger partial charge in [0.05, 0.1) is 0 Å². The first-order chi connectivity index (χ1) is 7.47. The number of benzene rings is 1. The Bertz CT molecular complexity index is 394. The van der Waals surface area contributed by atoms with E-state index < -0.39 is 0 Å². The van der Waals surface area contributed by atoms with Gasteiger partial charge in [-0.15, -0.1) is 0 Å². The summed E-state index contributed by atoms with van der Waals surface area (Å²) in [6, 6.07) is 4.14. The first-order valence-electron chi connectivity index (χ1n) is 5.64. The van der Waals surface area contributed by atoms with Crippen molar-refractivity contribution in [1.82, 2.24) is 0 Å². The Hall–Kier alpha value is -1.22. The molecule has 16 heavy (non-hydrogen) atoms. The lowest BCUT2D eigenvalue weighted by atomic mass is 9.94. The van der Waals surface area contributed by atoms with Crippen LogP contribution in [0.5, 0.6) is 11.5 Å². The minimum absolute atomic E-state index is 0.232. The molecule has 1 aromatic rings. The van der Waals surface area contributed by atoms with Gasteiger partial charge >= 0.3 is 0 Å². The maximum absolute atomic E-state index is 6.04. The summed E-state index contributed by atoms with van der Waals surface area (Å²) in [5, 5.41) is 0. The zero-order chi connectivity index (χ0) is 11.8. The highest BCUT2D eigenvalue weighted by Crippen LogP contribution is 2.37. The fourth-order valence-corrected chi connectivity index (χ4v) is 1.96. The molecule has 0 atom stereocenters. The molecule has 0 aliphatic carbocycles. The van der Waals surface area contributed by atoms with E-state index in [2.05, 4.69) is 12.1 Å². The van der Waals surface area contributed by atoms with Crippen molar-refractivity contribution in [3.63, 3.8) is 0 Å². The van der Waals surface area contributed by atoms with E-state index in [4.69, 9.17) is 15.2 Å². The molecule has 1 aromatic carbocycles. The van der Waals surface area contributed by atoms with Crippen molar-refractivity contribution in [3.05, 3.63) is 23.3 Å². The van der Waals surface area contributed by atoms with Crippen LogP contribution < -0.4 is 15.2 Å².